The maximum Gasteiger partial charge on any atom is 0.309 e. The maximum atomic E-state index is 11.6. The van der Waals surface area contributed by atoms with E-state index in [0.29, 0.717) is 5.92 Å². The molecule has 0 aromatic rings. The standard InChI is InChI=1S/C13H20O4/c1-16-13(17-2)9-3-8-4-10(13)7-12(5-8,6-9)11(14)15/h8-10H,3-7H2,1-2H3,(H,14,15). The summed E-state index contributed by atoms with van der Waals surface area (Å²) >= 11 is 0. The van der Waals surface area contributed by atoms with Crippen LogP contribution in [0.25, 0.3) is 0 Å². The predicted molar refractivity (Wildman–Crippen MR) is 60.4 cm³/mol. The fourth-order valence-electron chi connectivity index (χ4n) is 4.94. The highest BCUT2D eigenvalue weighted by Gasteiger charge is 2.65. The van der Waals surface area contributed by atoms with Gasteiger partial charge in [0, 0.05) is 26.1 Å². The van der Waals surface area contributed by atoms with Crippen LogP contribution >= 0.6 is 0 Å². The van der Waals surface area contributed by atoms with Crippen LogP contribution < -0.4 is 0 Å². The molecule has 2 unspecified atom stereocenters. The number of hydrogen-bond acceptors (Lipinski definition) is 3. The van der Waals surface area contributed by atoms with Crippen molar-refractivity contribution in [3.8, 4) is 0 Å². The zero-order chi connectivity index (χ0) is 12.3. The number of carboxylic acid groups (broad SMARTS) is 1. The van der Waals surface area contributed by atoms with Gasteiger partial charge in [-0.2, -0.15) is 0 Å². The summed E-state index contributed by atoms with van der Waals surface area (Å²) in [6.07, 6.45) is 4.42. The van der Waals surface area contributed by atoms with Crippen molar-refractivity contribution in [1.29, 1.82) is 0 Å². The first kappa shape index (κ1) is 11.5. The van der Waals surface area contributed by atoms with Crippen LogP contribution in [0.1, 0.15) is 32.1 Å². The first-order chi connectivity index (χ1) is 8.06. The van der Waals surface area contributed by atoms with Crippen molar-refractivity contribution in [2.24, 2.45) is 23.2 Å². The summed E-state index contributed by atoms with van der Waals surface area (Å²) < 4.78 is 11.3. The minimum atomic E-state index is -0.613. The van der Waals surface area contributed by atoms with Crippen LogP contribution in [0.4, 0.5) is 0 Å². The van der Waals surface area contributed by atoms with Crippen molar-refractivity contribution >= 4 is 5.97 Å². The van der Waals surface area contributed by atoms with E-state index in [9.17, 15) is 9.90 Å². The van der Waals surface area contributed by atoms with Crippen molar-refractivity contribution in [3.05, 3.63) is 0 Å². The molecule has 4 heteroatoms. The van der Waals surface area contributed by atoms with Gasteiger partial charge in [-0.25, -0.2) is 0 Å². The molecule has 1 N–H and O–H groups in total. The second-order valence-electron chi connectivity index (χ2n) is 6.06. The molecule has 4 aliphatic carbocycles. The lowest BCUT2D eigenvalue weighted by atomic mass is 9.47. The van der Waals surface area contributed by atoms with Crippen LogP contribution in [0, 0.1) is 23.2 Å². The lowest BCUT2D eigenvalue weighted by molar-refractivity contribution is -0.329. The molecule has 4 rings (SSSR count). The van der Waals surface area contributed by atoms with Crippen molar-refractivity contribution < 1.29 is 19.4 Å². The van der Waals surface area contributed by atoms with Gasteiger partial charge in [0.05, 0.1) is 5.41 Å². The molecule has 2 atom stereocenters. The minimum Gasteiger partial charge on any atom is -0.481 e. The average Bonchev–Trinajstić information content (AvgIpc) is 2.29. The topological polar surface area (TPSA) is 55.8 Å². The second kappa shape index (κ2) is 3.45. The van der Waals surface area contributed by atoms with Gasteiger partial charge in [0.25, 0.3) is 0 Å². The van der Waals surface area contributed by atoms with Gasteiger partial charge in [-0.1, -0.05) is 0 Å². The van der Waals surface area contributed by atoms with Crippen molar-refractivity contribution in [3.63, 3.8) is 0 Å². The van der Waals surface area contributed by atoms with E-state index in [0.717, 1.165) is 32.1 Å². The molecule has 0 heterocycles. The molecular weight excluding hydrogens is 220 g/mol. The molecule has 0 aromatic carbocycles. The summed E-state index contributed by atoms with van der Waals surface area (Å²) in [5.41, 5.74) is -0.489. The number of aliphatic carboxylic acids is 1. The average molecular weight is 240 g/mol. The molecule has 4 fully saturated rings. The second-order valence-corrected chi connectivity index (χ2v) is 6.06. The molecule has 4 nitrogen and oxygen atoms in total. The van der Waals surface area contributed by atoms with E-state index < -0.39 is 17.2 Å². The Bertz CT molecular complexity index is 329. The van der Waals surface area contributed by atoms with Crippen LogP contribution in [-0.2, 0) is 14.3 Å². The molecule has 17 heavy (non-hydrogen) atoms. The highest BCUT2D eigenvalue weighted by molar-refractivity contribution is 5.75. The number of rotatable bonds is 3. The highest BCUT2D eigenvalue weighted by Crippen LogP contribution is 2.64. The van der Waals surface area contributed by atoms with Gasteiger partial charge >= 0.3 is 5.97 Å². The van der Waals surface area contributed by atoms with Crippen molar-refractivity contribution in [2.45, 2.75) is 37.9 Å². The Morgan fingerprint density at radius 3 is 2.06 bits per heavy atom. The number of carboxylic acids is 1. The molecule has 0 amide bonds. The largest absolute Gasteiger partial charge is 0.481 e. The summed E-state index contributed by atoms with van der Waals surface area (Å²) in [4.78, 5) is 11.6. The lowest BCUT2D eigenvalue weighted by Crippen LogP contribution is -2.64. The van der Waals surface area contributed by atoms with Gasteiger partial charge in [0.1, 0.15) is 0 Å². The first-order valence-electron chi connectivity index (χ1n) is 6.40. The van der Waals surface area contributed by atoms with Crippen molar-refractivity contribution in [1.82, 2.24) is 0 Å². The van der Waals surface area contributed by atoms with Crippen LogP contribution in [0.3, 0.4) is 0 Å². The number of hydrogen-bond donors (Lipinski definition) is 1. The third-order valence-corrected chi connectivity index (χ3v) is 5.42. The van der Waals surface area contributed by atoms with Gasteiger partial charge in [-0.3, -0.25) is 4.79 Å². The first-order valence-corrected chi connectivity index (χ1v) is 6.40. The van der Waals surface area contributed by atoms with E-state index in [2.05, 4.69) is 0 Å². The molecule has 4 bridgehead atoms. The molecule has 4 aliphatic rings. The molecule has 0 saturated heterocycles. The number of methoxy groups -OCH3 is 2. The van der Waals surface area contributed by atoms with E-state index in [-0.39, 0.29) is 11.8 Å². The van der Waals surface area contributed by atoms with Gasteiger partial charge in [0.15, 0.2) is 5.79 Å². The zero-order valence-corrected chi connectivity index (χ0v) is 10.4. The Balaban J connectivity index is 1.98. The third-order valence-electron chi connectivity index (χ3n) is 5.42. The van der Waals surface area contributed by atoms with Crippen LogP contribution in [-0.4, -0.2) is 31.1 Å². The van der Waals surface area contributed by atoms with Crippen LogP contribution in [0.5, 0.6) is 0 Å². The van der Waals surface area contributed by atoms with Gasteiger partial charge in [0.2, 0.25) is 0 Å². The summed E-state index contributed by atoms with van der Waals surface area (Å²) in [7, 11) is 3.39. The van der Waals surface area contributed by atoms with Gasteiger partial charge < -0.3 is 14.6 Å². The molecule has 0 aliphatic heterocycles. The summed E-state index contributed by atoms with van der Waals surface area (Å²) in [5.74, 6) is -0.0741. The lowest BCUT2D eigenvalue weighted by Gasteiger charge is -2.62. The predicted octanol–water partition coefficient (Wildman–Crippen LogP) is 1.89. The van der Waals surface area contributed by atoms with Crippen LogP contribution in [0.15, 0.2) is 0 Å². The van der Waals surface area contributed by atoms with E-state index in [1.54, 1.807) is 14.2 Å². The SMILES string of the molecule is COC1(OC)C2CC3CC1CC(C(=O)O)(C3)C2. The fraction of sp³-hybridized carbons (Fsp3) is 0.923. The molecule has 0 aromatic heterocycles. The van der Waals surface area contributed by atoms with E-state index in [1.165, 1.54) is 0 Å². The normalized spacial score (nSPS) is 46.1. The number of carbonyl (C=O) groups is 1. The molecule has 4 saturated carbocycles. The fourth-order valence-corrected chi connectivity index (χ4v) is 4.94. The number of ether oxygens (including phenoxy) is 2. The Morgan fingerprint density at radius 1 is 1.12 bits per heavy atom. The maximum absolute atomic E-state index is 11.6. The Kier molecular flexibility index (Phi) is 2.33. The molecule has 0 radical (unpaired) electrons. The highest BCUT2D eigenvalue weighted by atomic mass is 16.7. The summed E-state index contributed by atoms with van der Waals surface area (Å²) in [6.45, 7) is 0. The van der Waals surface area contributed by atoms with E-state index in [4.69, 9.17) is 9.47 Å². The zero-order valence-electron chi connectivity index (χ0n) is 10.4. The van der Waals surface area contributed by atoms with Gasteiger partial charge in [-0.15, -0.1) is 0 Å². The van der Waals surface area contributed by atoms with Gasteiger partial charge in [-0.05, 0) is 38.0 Å². The Labute approximate surface area is 101 Å². The summed E-state index contributed by atoms with van der Waals surface area (Å²) in [5, 5.41) is 9.51. The quantitative estimate of drug-likeness (QED) is 0.765. The van der Waals surface area contributed by atoms with E-state index in [1.807, 2.05) is 0 Å². The molecule has 0 spiro atoms. The van der Waals surface area contributed by atoms with Crippen LogP contribution in [0.2, 0.25) is 0 Å². The molecule has 96 valence electrons. The minimum absolute atomic E-state index is 0.250. The summed E-state index contributed by atoms with van der Waals surface area (Å²) in [6, 6.07) is 0. The Hall–Kier alpha value is -0.610. The van der Waals surface area contributed by atoms with E-state index >= 15 is 0 Å². The third kappa shape index (κ3) is 1.28. The monoisotopic (exact) mass is 240 g/mol. The smallest absolute Gasteiger partial charge is 0.309 e. The molecular formula is C13H20O4. The Morgan fingerprint density at radius 2 is 1.65 bits per heavy atom. The van der Waals surface area contributed by atoms with Crippen molar-refractivity contribution in [2.75, 3.05) is 14.2 Å².